The lowest BCUT2D eigenvalue weighted by Crippen LogP contribution is -2.74. The van der Waals surface area contributed by atoms with Crippen LogP contribution in [0, 0.1) is 33.5 Å². The number of carbonyl (C=O) groups excluding carboxylic acids is 3. The van der Waals surface area contributed by atoms with Crippen LogP contribution >= 0.6 is 0 Å². The molecule has 0 spiro atoms. The minimum absolute atomic E-state index is 0.00478. The number of aliphatic hydroxyl groups is 1. The number of hydrogen-bond donors (Lipinski definition) is 1. The Bertz CT molecular complexity index is 1290. The molecule has 2 heterocycles. The number of fused-ring (bicyclic) bond motifs is 4. The van der Waals surface area contributed by atoms with Gasteiger partial charge in [0.2, 0.25) is 0 Å². The van der Waals surface area contributed by atoms with Gasteiger partial charge in [-0.25, -0.2) is 0 Å². The molecule has 0 amide bonds. The second-order valence-electron chi connectivity index (χ2n) is 13.9. The molecule has 9 heteroatoms. The average molecular weight is 571 g/mol. The van der Waals surface area contributed by atoms with E-state index in [0.717, 1.165) is 11.1 Å². The summed E-state index contributed by atoms with van der Waals surface area (Å²) >= 11 is 0. The average Bonchev–Trinajstić information content (AvgIpc) is 3.60. The first-order valence-electron chi connectivity index (χ1n) is 14.7. The summed E-state index contributed by atoms with van der Waals surface area (Å²) in [6.45, 7) is 13.0. The predicted molar refractivity (Wildman–Crippen MR) is 145 cm³/mol. The molecular formula is C32H42O9. The first-order chi connectivity index (χ1) is 19.2. The standard InChI is InChI=1S/C32H42O9/c1-16(33)39-23-13-25(41-18(3)35)32(7)22-12-24(40-17(2)34)30(5)20(19-10-11-37-14-19)8-9-21(30)31(22,6)28(36)26-27(32)29(23,4)15-38-26/h9-11,14,20,22-28,36H,8,12-13,15H2,1-7H3/t20-,22+,23-,24-,25+,26+,27-,28+,29+,30-,31-,32-/m0/s1. The van der Waals surface area contributed by atoms with Gasteiger partial charge in [-0.05, 0) is 30.4 Å². The zero-order valence-corrected chi connectivity index (χ0v) is 25.0. The molecule has 224 valence electrons. The molecule has 0 bridgehead atoms. The maximum absolute atomic E-state index is 12.6. The molecular weight excluding hydrogens is 528 g/mol. The number of allylic oxidation sites excluding steroid dienone is 1. The van der Waals surface area contributed by atoms with Crippen LogP contribution in [0.2, 0.25) is 0 Å². The quantitative estimate of drug-likeness (QED) is 0.320. The third-order valence-corrected chi connectivity index (χ3v) is 12.0. The Labute approximate surface area is 240 Å². The van der Waals surface area contributed by atoms with Gasteiger partial charge >= 0.3 is 17.9 Å². The summed E-state index contributed by atoms with van der Waals surface area (Å²) in [6, 6.07) is 1.96. The van der Waals surface area contributed by atoms with Gasteiger partial charge in [0.15, 0.2) is 0 Å². The summed E-state index contributed by atoms with van der Waals surface area (Å²) in [5.41, 5.74) is -0.578. The van der Waals surface area contributed by atoms with Crippen molar-refractivity contribution in [1.82, 2.24) is 0 Å². The van der Waals surface area contributed by atoms with E-state index in [-0.39, 0.29) is 23.7 Å². The second kappa shape index (κ2) is 9.17. The van der Waals surface area contributed by atoms with Crippen LogP contribution in [0.4, 0.5) is 0 Å². The molecule has 1 saturated heterocycles. The third-order valence-electron chi connectivity index (χ3n) is 12.0. The highest BCUT2D eigenvalue weighted by Gasteiger charge is 2.78. The molecule has 9 nitrogen and oxygen atoms in total. The zero-order valence-electron chi connectivity index (χ0n) is 25.0. The van der Waals surface area contributed by atoms with Crippen molar-refractivity contribution in [3.63, 3.8) is 0 Å². The number of aliphatic hydroxyl groups excluding tert-OH is 1. The summed E-state index contributed by atoms with van der Waals surface area (Å²) in [7, 11) is 0. The van der Waals surface area contributed by atoms with E-state index >= 15 is 0 Å². The minimum Gasteiger partial charge on any atom is -0.472 e. The maximum atomic E-state index is 12.6. The van der Waals surface area contributed by atoms with Crippen molar-refractivity contribution < 1.29 is 42.9 Å². The first-order valence-corrected chi connectivity index (χ1v) is 14.7. The summed E-state index contributed by atoms with van der Waals surface area (Å²) in [4.78, 5) is 37.3. The molecule has 41 heavy (non-hydrogen) atoms. The van der Waals surface area contributed by atoms with Gasteiger partial charge in [-0.2, -0.15) is 0 Å². The van der Waals surface area contributed by atoms with Crippen molar-refractivity contribution in [1.29, 1.82) is 0 Å². The number of ether oxygens (including phenoxy) is 4. The van der Waals surface area contributed by atoms with E-state index < -0.39 is 64.1 Å². The lowest BCUT2D eigenvalue weighted by Gasteiger charge is -2.70. The van der Waals surface area contributed by atoms with E-state index in [2.05, 4.69) is 33.8 Å². The highest BCUT2D eigenvalue weighted by atomic mass is 16.6. The molecule has 1 aromatic rings. The number of rotatable bonds is 4. The number of carbonyl (C=O) groups is 3. The van der Waals surface area contributed by atoms with Gasteiger partial charge in [0.05, 0.1) is 31.3 Å². The molecule has 0 unspecified atom stereocenters. The molecule has 4 aliphatic carbocycles. The molecule has 1 aliphatic heterocycles. The predicted octanol–water partition coefficient (Wildman–Crippen LogP) is 4.33. The fourth-order valence-corrected chi connectivity index (χ4v) is 10.5. The minimum atomic E-state index is -0.881. The fourth-order valence-electron chi connectivity index (χ4n) is 10.5. The van der Waals surface area contributed by atoms with E-state index in [0.29, 0.717) is 25.9 Å². The summed E-state index contributed by atoms with van der Waals surface area (Å²) < 4.78 is 30.1. The van der Waals surface area contributed by atoms with Gasteiger partial charge in [0.25, 0.3) is 0 Å². The lowest BCUT2D eigenvalue weighted by atomic mass is 9.36. The van der Waals surface area contributed by atoms with E-state index in [1.807, 2.05) is 6.07 Å². The van der Waals surface area contributed by atoms with Gasteiger partial charge < -0.3 is 28.5 Å². The topological polar surface area (TPSA) is 122 Å². The van der Waals surface area contributed by atoms with Crippen LogP contribution in [-0.4, -0.2) is 60.1 Å². The Morgan fingerprint density at radius 3 is 2.15 bits per heavy atom. The van der Waals surface area contributed by atoms with E-state index in [4.69, 9.17) is 23.4 Å². The molecule has 6 rings (SSSR count). The van der Waals surface area contributed by atoms with Gasteiger partial charge in [0.1, 0.15) is 18.3 Å². The largest absolute Gasteiger partial charge is 0.472 e. The number of furan rings is 1. The van der Waals surface area contributed by atoms with Gasteiger partial charge in [0, 0.05) is 60.7 Å². The van der Waals surface area contributed by atoms with Crippen LogP contribution in [0.25, 0.3) is 0 Å². The molecule has 0 radical (unpaired) electrons. The van der Waals surface area contributed by atoms with E-state index in [1.165, 1.54) is 20.8 Å². The Hall–Kier alpha value is -2.65. The van der Waals surface area contributed by atoms with E-state index in [9.17, 15) is 19.5 Å². The lowest BCUT2D eigenvalue weighted by molar-refractivity contribution is -0.271. The highest BCUT2D eigenvalue weighted by molar-refractivity contribution is 5.67. The van der Waals surface area contributed by atoms with Crippen molar-refractivity contribution in [3.8, 4) is 0 Å². The molecule has 3 saturated carbocycles. The zero-order chi connectivity index (χ0) is 29.7. The Morgan fingerprint density at radius 2 is 1.54 bits per heavy atom. The van der Waals surface area contributed by atoms with Crippen molar-refractivity contribution in [2.75, 3.05) is 6.61 Å². The number of hydrogen-bond acceptors (Lipinski definition) is 9. The fraction of sp³-hybridized carbons (Fsp3) is 0.719. The summed E-state index contributed by atoms with van der Waals surface area (Å²) in [6.07, 6.45) is 4.06. The molecule has 5 aliphatic rings. The van der Waals surface area contributed by atoms with Crippen LogP contribution in [0.1, 0.15) is 79.2 Å². The van der Waals surface area contributed by atoms with Gasteiger partial charge in [-0.3, -0.25) is 14.4 Å². The Morgan fingerprint density at radius 1 is 0.902 bits per heavy atom. The van der Waals surface area contributed by atoms with Crippen LogP contribution < -0.4 is 0 Å². The van der Waals surface area contributed by atoms with Crippen molar-refractivity contribution >= 4 is 17.9 Å². The van der Waals surface area contributed by atoms with Crippen LogP contribution in [-0.2, 0) is 33.3 Å². The monoisotopic (exact) mass is 570 g/mol. The Kier molecular flexibility index (Phi) is 6.37. The SMILES string of the molecule is CC(=O)O[C@H]1C[C@@H](OC(C)=O)[C@]2(C)[C@@H]3C[C@H](OC(C)=O)[C@]4(C)C(=CC[C@H]4c4ccoc4)[C@]3(C)[C@H](O)[C@@H]3OC[C@@]1(C)[C@H]32. The van der Waals surface area contributed by atoms with Crippen LogP contribution in [0.3, 0.4) is 0 Å². The normalized spacial score (nSPS) is 47.9. The summed E-state index contributed by atoms with van der Waals surface area (Å²) in [5.74, 6) is -1.70. The summed E-state index contributed by atoms with van der Waals surface area (Å²) in [5, 5.41) is 12.4. The van der Waals surface area contributed by atoms with Crippen LogP contribution in [0.5, 0.6) is 0 Å². The second-order valence-corrected chi connectivity index (χ2v) is 13.9. The molecule has 1 N–H and O–H groups in total. The highest BCUT2D eigenvalue weighted by Crippen LogP contribution is 2.75. The van der Waals surface area contributed by atoms with Crippen molar-refractivity contribution in [2.24, 2.45) is 33.5 Å². The van der Waals surface area contributed by atoms with Crippen molar-refractivity contribution in [3.05, 3.63) is 35.8 Å². The molecule has 4 fully saturated rings. The van der Waals surface area contributed by atoms with Gasteiger partial charge in [-0.1, -0.05) is 39.3 Å². The van der Waals surface area contributed by atoms with Crippen LogP contribution in [0.15, 0.2) is 34.7 Å². The molecule has 0 aromatic carbocycles. The molecule has 1 aromatic heterocycles. The van der Waals surface area contributed by atoms with Gasteiger partial charge in [-0.15, -0.1) is 0 Å². The maximum Gasteiger partial charge on any atom is 0.302 e. The smallest absolute Gasteiger partial charge is 0.302 e. The molecule has 12 atom stereocenters. The Balaban J connectivity index is 1.54. The number of esters is 3. The van der Waals surface area contributed by atoms with E-state index in [1.54, 1.807) is 12.5 Å². The third kappa shape index (κ3) is 3.63. The van der Waals surface area contributed by atoms with Crippen molar-refractivity contribution in [2.45, 2.75) is 104 Å². The first kappa shape index (κ1) is 28.5.